The summed E-state index contributed by atoms with van der Waals surface area (Å²) in [5, 5.41) is 0.978. The van der Waals surface area contributed by atoms with Gasteiger partial charge >= 0.3 is 23.0 Å². The van der Waals surface area contributed by atoms with Crippen LogP contribution in [-0.4, -0.2) is 5.08 Å². The van der Waals surface area contributed by atoms with Crippen molar-refractivity contribution < 1.29 is 56.8 Å². The Hall–Kier alpha value is 0.460. The standard InChI is InChI=1S/C15H18O2S2.2HI/c1-10-5-14(6-11(2)16-10)18-9-19-15-7-12(3)17-13(4)8-15;;/h5-8H,9H2,1-4H3;2*1H/q+2;;/p-2. The molecule has 0 atom stereocenters. The van der Waals surface area contributed by atoms with E-state index >= 15 is 0 Å². The van der Waals surface area contributed by atoms with Crippen molar-refractivity contribution in [1.82, 2.24) is 0 Å². The Morgan fingerprint density at radius 3 is 1.24 bits per heavy atom. The summed E-state index contributed by atoms with van der Waals surface area (Å²) in [6.07, 6.45) is 0. The number of aryl methyl sites for hydroxylation is 4. The van der Waals surface area contributed by atoms with Crippen molar-refractivity contribution in [3.05, 3.63) is 47.3 Å². The highest BCUT2D eigenvalue weighted by Crippen LogP contribution is 2.29. The second-order valence-corrected chi connectivity index (χ2v) is 6.90. The van der Waals surface area contributed by atoms with Gasteiger partial charge in [-0.2, -0.15) is 0 Å². The van der Waals surface area contributed by atoms with E-state index in [2.05, 4.69) is 24.3 Å². The highest BCUT2D eigenvalue weighted by atomic mass is 127. The van der Waals surface area contributed by atoms with Crippen molar-refractivity contribution in [2.45, 2.75) is 37.5 Å². The molecule has 2 heterocycles. The normalized spacial score (nSPS) is 9.71. The van der Waals surface area contributed by atoms with E-state index in [-0.39, 0.29) is 48.0 Å². The van der Waals surface area contributed by atoms with Gasteiger partial charge in [0.25, 0.3) is 0 Å². The van der Waals surface area contributed by atoms with Crippen LogP contribution in [-0.2, 0) is 0 Å². The Kier molecular flexibility index (Phi) is 10.5. The molecule has 0 bridgehead atoms. The fourth-order valence-electron chi connectivity index (χ4n) is 1.84. The quantitative estimate of drug-likeness (QED) is 0.223. The van der Waals surface area contributed by atoms with E-state index in [1.54, 1.807) is 0 Å². The van der Waals surface area contributed by atoms with Crippen molar-refractivity contribution >= 4 is 23.5 Å². The first kappa shape index (κ1) is 21.5. The summed E-state index contributed by atoms with van der Waals surface area (Å²) in [6, 6.07) is 8.31. The molecule has 0 unspecified atom stereocenters. The molecule has 6 heteroatoms. The molecule has 0 aliphatic carbocycles. The number of rotatable bonds is 4. The summed E-state index contributed by atoms with van der Waals surface area (Å²) in [6.45, 7) is 7.93. The number of hydrogen-bond acceptors (Lipinski definition) is 2. The molecule has 2 aromatic rings. The van der Waals surface area contributed by atoms with Gasteiger partial charge in [0.15, 0.2) is 0 Å². The second kappa shape index (κ2) is 10.3. The van der Waals surface area contributed by atoms with E-state index in [0.29, 0.717) is 0 Å². The van der Waals surface area contributed by atoms with Crippen molar-refractivity contribution in [1.29, 1.82) is 0 Å². The first-order valence-electron chi connectivity index (χ1n) is 6.11. The Morgan fingerprint density at radius 2 is 0.952 bits per heavy atom. The molecule has 0 spiro atoms. The van der Waals surface area contributed by atoms with Crippen LogP contribution in [0.25, 0.3) is 0 Å². The summed E-state index contributed by atoms with van der Waals surface area (Å²) in [7, 11) is 0. The van der Waals surface area contributed by atoms with Gasteiger partial charge < -0.3 is 48.0 Å². The Balaban J connectivity index is 0.00000200. The van der Waals surface area contributed by atoms with Crippen molar-refractivity contribution in [3.8, 4) is 0 Å². The van der Waals surface area contributed by atoms with E-state index in [9.17, 15) is 0 Å². The van der Waals surface area contributed by atoms with Crippen LogP contribution in [0.15, 0.2) is 42.9 Å². The van der Waals surface area contributed by atoms with Crippen LogP contribution in [0, 0.1) is 27.7 Å². The largest absolute Gasteiger partial charge is 1.00 e. The zero-order valence-electron chi connectivity index (χ0n) is 12.4. The zero-order chi connectivity index (χ0) is 13.8. The molecule has 2 aromatic heterocycles. The van der Waals surface area contributed by atoms with Crippen molar-refractivity contribution in [2.24, 2.45) is 0 Å². The van der Waals surface area contributed by atoms with Crippen molar-refractivity contribution in [2.75, 3.05) is 5.08 Å². The van der Waals surface area contributed by atoms with Gasteiger partial charge in [-0.1, -0.05) is 0 Å². The lowest BCUT2D eigenvalue weighted by Gasteiger charge is -2.00. The van der Waals surface area contributed by atoms with E-state index in [4.69, 9.17) is 8.83 Å². The predicted octanol–water partition coefficient (Wildman–Crippen LogP) is -0.482. The molecule has 0 aliphatic heterocycles. The van der Waals surface area contributed by atoms with E-state index in [0.717, 1.165) is 28.1 Å². The maximum Gasteiger partial charge on any atom is 0.327 e. The number of halogens is 2. The molecule has 116 valence electrons. The van der Waals surface area contributed by atoms with Gasteiger partial charge in [0.2, 0.25) is 0 Å². The monoisotopic (exact) mass is 548 g/mol. The molecule has 0 radical (unpaired) electrons. The van der Waals surface area contributed by atoms with Gasteiger partial charge in [-0.3, -0.25) is 0 Å². The molecule has 2 rings (SSSR count). The maximum absolute atomic E-state index is 5.48. The number of hydrogen-bond donors (Lipinski definition) is 0. The summed E-state index contributed by atoms with van der Waals surface area (Å²) in [5.74, 6) is 3.82. The lowest BCUT2D eigenvalue weighted by Crippen LogP contribution is -3.00. The number of thioether (sulfide) groups is 2. The fraction of sp³-hybridized carbons (Fsp3) is 0.333. The molecule has 0 N–H and O–H groups in total. The molecule has 0 aliphatic rings. The minimum Gasteiger partial charge on any atom is -1.00 e. The van der Waals surface area contributed by atoms with Gasteiger partial charge in [-0.05, 0) is 0 Å². The van der Waals surface area contributed by atoms with E-state index in [1.807, 2.05) is 51.2 Å². The molecule has 2 nitrogen and oxygen atoms in total. The summed E-state index contributed by atoms with van der Waals surface area (Å²) < 4.78 is 11.0. The lowest BCUT2D eigenvalue weighted by molar-refractivity contribution is -0.00100. The van der Waals surface area contributed by atoms with Crippen LogP contribution in [0.5, 0.6) is 0 Å². The molecular weight excluding hydrogens is 530 g/mol. The van der Waals surface area contributed by atoms with Crippen LogP contribution in [0.3, 0.4) is 0 Å². The Morgan fingerprint density at radius 1 is 0.667 bits per heavy atom. The first-order chi connectivity index (χ1) is 9.02. The summed E-state index contributed by atoms with van der Waals surface area (Å²) in [5.41, 5.74) is 0. The molecule has 0 fully saturated rings. The highest BCUT2D eigenvalue weighted by Gasteiger charge is 2.10. The molecule has 21 heavy (non-hydrogen) atoms. The van der Waals surface area contributed by atoms with Gasteiger partial charge in [0.05, 0.1) is 52.0 Å². The third-order valence-corrected chi connectivity index (χ3v) is 4.56. The zero-order valence-corrected chi connectivity index (χ0v) is 18.4. The first-order valence-corrected chi connectivity index (χ1v) is 8.08. The molecule has 0 saturated carbocycles. The van der Waals surface area contributed by atoms with Crippen LogP contribution < -0.4 is 48.0 Å². The van der Waals surface area contributed by atoms with Crippen LogP contribution in [0.1, 0.15) is 23.0 Å². The van der Waals surface area contributed by atoms with Gasteiger partial charge in [0, 0.05) is 14.9 Å². The third-order valence-electron chi connectivity index (χ3n) is 2.48. The lowest BCUT2D eigenvalue weighted by atomic mass is 10.4. The van der Waals surface area contributed by atoms with Gasteiger partial charge in [-0.15, -0.1) is 23.5 Å². The van der Waals surface area contributed by atoms with Crippen LogP contribution in [0.2, 0.25) is 0 Å². The Labute approximate surface area is 168 Å². The van der Waals surface area contributed by atoms with Crippen LogP contribution in [0.4, 0.5) is 0 Å². The smallest absolute Gasteiger partial charge is 0.327 e. The SMILES string of the molecule is Cc1cc(SCSc2cc(C)[o+]c(C)c2)cc(C)[o+]1.[I-].[I-]. The van der Waals surface area contributed by atoms with E-state index in [1.165, 1.54) is 9.79 Å². The van der Waals surface area contributed by atoms with Crippen molar-refractivity contribution in [3.63, 3.8) is 0 Å². The minimum absolute atomic E-state index is 0. The second-order valence-electron chi connectivity index (χ2n) is 4.44. The molecule has 0 aromatic carbocycles. The van der Waals surface area contributed by atoms with Gasteiger partial charge in [-0.25, -0.2) is 8.83 Å². The minimum atomic E-state index is 0. The summed E-state index contributed by atoms with van der Waals surface area (Å²) >= 11 is 3.66. The van der Waals surface area contributed by atoms with Crippen LogP contribution >= 0.6 is 23.5 Å². The molecular formula is C15H18I2O2S2. The predicted molar refractivity (Wildman–Crippen MR) is 81.8 cm³/mol. The topological polar surface area (TPSA) is 22.6 Å². The van der Waals surface area contributed by atoms with E-state index < -0.39 is 0 Å². The summed E-state index contributed by atoms with van der Waals surface area (Å²) in [4.78, 5) is 2.51. The highest BCUT2D eigenvalue weighted by molar-refractivity contribution is 8.16. The average Bonchev–Trinajstić information content (AvgIpc) is 2.26. The average molecular weight is 548 g/mol. The molecule has 0 saturated heterocycles. The maximum atomic E-state index is 5.48. The van der Waals surface area contributed by atoms with Gasteiger partial charge in [0.1, 0.15) is 0 Å². The Bertz CT molecular complexity index is 500. The molecule has 0 amide bonds. The fourth-order valence-corrected chi connectivity index (χ4v) is 4.16. The third kappa shape index (κ3) is 7.51.